The highest BCUT2D eigenvalue weighted by molar-refractivity contribution is 7.85. The van der Waals surface area contributed by atoms with Gasteiger partial charge in [0.2, 0.25) is 0 Å². The molecule has 0 saturated heterocycles. The van der Waals surface area contributed by atoms with Crippen LogP contribution >= 0.6 is 0 Å². The third kappa shape index (κ3) is 5.89. The van der Waals surface area contributed by atoms with Gasteiger partial charge in [-0.3, -0.25) is 4.21 Å². The average Bonchev–Trinajstić information content (AvgIpc) is 2.46. The minimum Gasteiger partial charge on any atom is -0.392 e. The Kier molecular flexibility index (Phi) is 8.15. The van der Waals surface area contributed by atoms with Gasteiger partial charge in [-0.15, -0.1) is 0 Å². The number of aliphatic hydroxyl groups is 1. The molecule has 0 aliphatic carbocycles. The minimum absolute atomic E-state index is 0.211. The first-order valence-electron chi connectivity index (χ1n) is 7.79. The maximum atomic E-state index is 12.6. The van der Waals surface area contributed by atoms with Crippen molar-refractivity contribution in [2.45, 2.75) is 56.6 Å². The Labute approximate surface area is 131 Å². The maximum absolute atomic E-state index is 12.6. The molecule has 1 aromatic carbocycles. The predicted octanol–water partition coefficient (Wildman–Crippen LogP) is 3.36. The molecule has 0 radical (unpaired) electrons. The summed E-state index contributed by atoms with van der Waals surface area (Å²) in [7, 11) is 2.89. The van der Waals surface area contributed by atoms with E-state index in [-0.39, 0.29) is 6.04 Å². The molecular weight excluding hydrogens is 282 g/mol. The highest BCUT2D eigenvalue weighted by atomic mass is 32.2. The molecule has 3 atom stereocenters. The molecule has 1 N–H and O–H groups in total. The lowest BCUT2D eigenvalue weighted by Crippen LogP contribution is -2.21. The summed E-state index contributed by atoms with van der Waals surface area (Å²) >= 11 is 0. The van der Waals surface area contributed by atoms with Crippen molar-refractivity contribution in [2.24, 2.45) is 0 Å². The summed E-state index contributed by atoms with van der Waals surface area (Å²) in [4.78, 5) is 2.96. The molecule has 0 saturated carbocycles. The topological polar surface area (TPSA) is 40.5 Å². The van der Waals surface area contributed by atoms with Crippen molar-refractivity contribution in [2.75, 3.05) is 19.8 Å². The fraction of sp³-hybridized carbons (Fsp3) is 0.647. The van der Waals surface area contributed by atoms with Gasteiger partial charge in [-0.05, 0) is 39.1 Å². The lowest BCUT2D eigenvalue weighted by Gasteiger charge is -2.23. The second-order valence-corrected chi connectivity index (χ2v) is 7.30. The van der Waals surface area contributed by atoms with Gasteiger partial charge in [0, 0.05) is 10.9 Å². The molecule has 21 heavy (non-hydrogen) atoms. The van der Waals surface area contributed by atoms with E-state index in [1.165, 1.54) is 0 Å². The monoisotopic (exact) mass is 311 g/mol. The maximum Gasteiger partial charge on any atom is 0.0659 e. The van der Waals surface area contributed by atoms with E-state index in [2.05, 4.69) is 18.7 Å². The van der Waals surface area contributed by atoms with E-state index in [9.17, 15) is 9.32 Å². The van der Waals surface area contributed by atoms with Gasteiger partial charge in [0.25, 0.3) is 0 Å². The summed E-state index contributed by atoms with van der Waals surface area (Å²) in [6.07, 6.45) is 3.53. The summed E-state index contributed by atoms with van der Waals surface area (Å²) < 4.78 is 12.6. The summed E-state index contributed by atoms with van der Waals surface area (Å²) in [6, 6.07) is 8.06. The molecular formula is C17H29NO2S. The summed E-state index contributed by atoms with van der Waals surface area (Å²) in [5.41, 5.74) is 1.08. The lowest BCUT2D eigenvalue weighted by atomic mass is 10.1. The predicted molar refractivity (Wildman–Crippen MR) is 90.0 cm³/mol. The molecule has 0 aliphatic rings. The molecule has 0 fully saturated rings. The highest BCUT2D eigenvalue weighted by Gasteiger charge is 2.18. The van der Waals surface area contributed by atoms with Gasteiger partial charge in [-0.2, -0.15) is 0 Å². The third-order valence-electron chi connectivity index (χ3n) is 3.87. The van der Waals surface area contributed by atoms with Crippen LogP contribution in [0.3, 0.4) is 0 Å². The van der Waals surface area contributed by atoms with Crippen LogP contribution in [0.4, 0.5) is 0 Å². The molecule has 4 heteroatoms. The zero-order valence-corrected chi connectivity index (χ0v) is 14.5. The molecule has 3 nitrogen and oxygen atoms in total. The largest absolute Gasteiger partial charge is 0.392 e. The van der Waals surface area contributed by atoms with Gasteiger partial charge in [-0.1, -0.05) is 44.4 Å². The van der Waals surface area contributed by atoms with E-state index in [0.717, 1.165) is 36.1 Å². The Morgan fingerprint density at radius 3 is 2.52 bits per heavy atom. The van der Waals surface area contributed by atoms with Crippen LogP contribution in [-0.4, -0.2) is 40.2 Å². The smallest absolute Gasteiger partial charge is 0.0659 e. The van der Waals surface area contributed by atoms with E-state index in [4.69, 9.17) is 0 Å². The van der Waals surface area contributed by atoms with Crippen LogP contribution in [0.25, 0.3) is 0 Å². The normalized spacial score (nSPS) is 15.9. The molecule has 0 heterocycles. The van der Waals surface area contributed by atoms with E-state index < -0.39 is 16.9 Å². The van der Waals surface area contributed by atoms with E-state index >= 15 is 0 Å². The second-order valence-electron chi connectivity index (χ2n) is 5.84. The SMILES string of the molecule is CCCCC[C@H](O)C[S@](=O)c1ccccc1[C@@H](C)N(C)C. The van der Waals surface area contributed by atoms with Crippen molar-refractivity contribution >= 4 is 10.8 Å². The van der Waals surface area contributed by atoms with Crippen molar-refractivity contribution < 1.29 is 9.32 Å². The number of unbranched alkanes of at least 4 members (excludes halogenated alkanes) is 2. The Balaban J connectivity index is 2.74. The van der Waals surface area contributed by atoms with E-state index in [0.29, 0.717) is 5.75 Å². The number of rotatable bonds is 9. The first-order valence-corrected chi connectivity index (χ1v) is 9.11. The number of hydrogen-bond acceptors (Lipinski definition) is 3. The van der Waals surface area contributed by atoms with Crippen molar-refractivity contribution in [1.82, 2.24) is 4.90 Å². The Morgan fingerprint density at radius 2 is 1.90 bits per heavy atom. The van der Waals surface area contributed by atoms with Crippen LogP contribution in [0.5, 0.6) is 0 Å². The Bertz CT molecular complexity index is 448. The minimum atomic E-state index is -1.14. The molecule has 1 rings (SSSR count). The summed E-state index contributed by atoms with van der Waals surface area (Å²) in [5.74, 6) is 0.334. The van der Waals surface area contributed by atoms with Gasteiger partial charge < -0.3 is 10.0 Å². The highest BCUT2D eigenvalue weighted by Crippen LogP contribution is 2.24. The number of hydrogen-bond donors (Lipinski definition) is 1. The van der Waals surface area contributed by atoms with E-state index in [1.807, 2.05) is 38.4 Å². The quantitative estimate of drug-likeness (QED) is 0.711. The molecule has 1 aromatic rings. The average molecular weight is 311 g/mol. The van der Waals surface area contributed by atoms with Gasteiger partial charge >= 0.3 is 0 Å². The molecule has 0 spiro atoms. The van der Waals surface area contributed by atoms with Crippen LogP contribution in [0.1, 0.15) is 51.1 Å². The molecule has 0 bridgehead atoms. The first kappa shape index (κ1) is 18.3. The molecule has 0 aromatic heterocycles. The van der Waals surface area contributed by atoms with Crippen molar-refractivity contribution in [3.63, 3.8) is 0 Å². The summed E-state index contributed by atoms with van der Waals surface area (Å²) in [5, 5.41) is 10.0. The van der Waals surface area contributed by atoms with Gasteiger partial charge in [0.05, 0.1) is 22.7 Å². The van der Waals surface area contributed by atoms with Crippen LogP contribution in [-0.2, 0) is 10.8 Å². The van der Waals surface area contributed by atoms with Crippen molar-refractivity contribution in [1.29, 1.82) is 0 Å². The van der Waals surface area contributed by atoms with Gasteiger partial charge in [0.1, 0.15) is 0 Å². The van der Waals surface area contributed by atoms with Crippen LogP contribution in [0, 0.1) is 0 Å². The van der Waals surface area contributed by atoms with Crippen LogP contribution in [0.15, 0.2) is 29.2 Å². The molecule has 0 amide bonds. The number of benzene rings is 1. The fourth-order valence-corrected chi connectivity index (χ4v) is 3.72. The third-order valence-corrected chi connectivity index (χ3v) is 5.42. The number of aliphatic hydroxyl groups excluding tert-OH is 1. The zero-order valence-electron chi connectivity index (χ0n) is 13.7. The number of nitrogens with zero attached hydrogens (tertiary/aromatic N) is 1. The molecule has 0 aliphatic heterocycles. The Morgan fingerprint density at radius 1 is 1.24 bits per heavy atom. The van der Waals surface area contributed by atoms with Crippen LogP contribution in [0.2, 0.25) is 0 Å². The standard InChI is InChI=1S/C17H29NO2S/c1-5-6-7-10-15(19)13-21(20)17-12-9-8-11-16(17)14(2)18(3)4/h8-9,11-12,14-15,19H,5-7,10,13H2,1-4H3/t14-,15+,21+/m1/s1. The Hall–Kier alpha value is -0.710. The molecule has 0 unspecified atom stereocenters. The first-order chi connectivity index (χ1) is 9.97. The lowest BCUT2D eigenvalue weighted by molar-refractivity contribution is 0.184. The summed E-state index contributed by atoms with van der Waals surface area (Å²) in [6.45, 7) is 4.25. The van der Waals surface area contributed by atoms with Gasteiger partial charge in [0.15, 0.2) is 0 Å². The van der Waals surface area contributed by atoms with Crippen molar-refractivity contribution in [3.8, 4) is 0 Å². The molecule has 120 valence electrons. The fourth-order valence-electron chi connectivity index (χ4n) is 2.29. The second kappa shape index (κ2) is 9.34. The zero-order chi connectivity index (χ0) is 15.8. The van der Waals surface area contributed by atoms with Gasteiger partial charge in [-0.25, -0.2) is 0 Å². The van der Waals surface area contributed by atoms with Crippen molar-refractivity contribution in [3.05, 3.63) is 29.8 Å². The van der Waals surface area contributed by atoms with Crippen LogP contribution < -0.4 is 0 Å². The van der Waals surface area contributed by atoms with E-state index in [1.54, 1.807) is 0 Å².